The summed E-state index contributed by atoms with van der Waals surface area (Å²) in [4.78, 5) is 11.6. The maximum absolute atomic E-state index is 11.6. The molecule has 1 aromatic heterocycles. The van der Waals surface area contributed by atoms with Gasteiger partial charge in [-0.2, -0.15) is 0 Å². The van der Waals surface area contributed by atoms with Crippen molar-refractivity contribution in [2.45, 2.75) is 20.8 Å². The van der Waals surface area contributed by atoms with E-state index in [1.165, 1.54) is 11.8 Å². The highest BCUT2D eigenvalue weighted by Gasteiger charge is 2.09. The van der Waals surface area contributed by atoms with Gasteiger partial charge in [-0.25, -0.2) is 0 Å². The van der Waals surface area contributed by atoms with Crippen molar-refractivity contribution in [3.8, 4) is 5.75 Å². The average Bonchev–Trinajstić information content (AvgIpc) is 2.96. The molecule has 4 heteroatoms. The lowest BCUT2D eigenvalue weighted by atomic mass is 10.1. The number of carbonyl (C=O) groups excluding carboxylic acids is 1. The Morgan fingerprint density at radius 2 is 1.95 bits per heavy atom. The van der Waals surface area contributed by atoms with Gasteiger partial charge in [-0.15, -0.1) is 0 Å². The van der Waals surface area contributed by atoms with Crippen LogP contribution in [0.4, 0.5) is 0 Å². The van der Waals surface area contributed by atoms with E-state index in [1.54, 1.807) is 12.1 Å². The fourth-order valence-electron chi connectivity index (χ4n) is 1.96. The first-order chi connectivity index (χ1) is 9.59. The minimum atomic E-state index is -0.226. The molecule has 20 heavy (non-hydrogen) atoms. The van der Waals surface area contributed by atoms with E-state index < -0.39 is 0 Å². The van der Waals surface area contributed by atoms with Crippen LogP contribution in [0.15, 0.2) is 34.9 Å². The Balaban J connectivity index is 1.85. The van der Waals surface area contributed by atoms with Crippen molar-refractivity contribution in [3.63, 3.8) is 0 Å². The summed E-state index contributed by atoms with van der Waals surface area (Å²) in [6.45, 7) is 6.98. The van der Waals surface area contributed by atoms with Crippen LogP contribution in [0.3, 0.4) is 0 Å². The van der Waals surface area contributed by atoms with Gasteiger partial charge in [0, 0.05) is 0 Å². The second kappa shape index (κ2) is 6.28. The lowest BCUT2D eigenvalue weighted by Crippen LogP contribution is -2.27. The topological polar surface area (TPSA) is 51.5 Å². The van der Waals surface area contributed by atoms with Gasteiger partial charge in [0.2, 0.25) is 0 Å². The number of nitrogens with one attached hydrogen (secondary N) is 1. The monoisotopic (exact) mass is 273 g/mol. The molecule has 2 rings (SSSR count). The molecule has 0 aliphatic carbocycles. The highest BCUT2D eigenvalue weighted by molar-refractivity contribution is 5.91. The number of furan rings is 1. The van der Waals surface area contributed by atoms with Crippen LogP contribution in [0.2, 0.25) is 0 Å². The van der Waals surface area contributed by atoms with Crippen molar-refractivity contribution < 1.29 is 13.9 Å². The summed E-state index contributed by atoms with van der Waals surface area (Å²) in [6, 6.07) is 7.44. The zero-order valence-electron chi connectivity index (χ0n) is 12.0. The average molecular weight is 273 g/mol. The van der Waals surface area contributed by atoms with Gasteiger partial charge in [0.05, 0.1) is 12.8 Å². The Labute approximate surface area is 118 Å². The number of amides is 1. The molecule has 0 aliphatic rings. The van der Waals surface area contributed by atoms with Gasteiger partial charge in [-0.1, -0.05) is 12.1 Å². The summed E-state index contributed by atoms with van der Waals surface area (Å²) in [7, 11) is 0. The smallest absolute Gasteiger partial charge is 0.287 e. The van der Waals surface area contributed by atoms with Gasteiger partial charge in [0.1, 0.15) is 12.4 Å². The van der Waals surface area contributed by atoms with E-state index in [1.807, 2.05) is 19.9 Å². The molecule has 1 heterocycles. The zero-order valence-corrected chi connectivity index (χ0v) is 12.0. The van der Waals surface area contributed by atoms with E-state index in [4.69, 9.17) is 9.15 Å². The number of ether oxygens (including phenoxy) is 1. The summed E-state index contributed by atoms with van der Waals surface area (Å²) < 4.78 is 10.8. The van der Waals surface area contributed by atoms with Gasteiger partial charge < -0.3 is 14.5 Å². The lowest BCUT2D eigenvalue weighted by molar-refractivity contribution is 0.0919. The number of carbonyl (C=O) groups is 1. The molecular formula is C16H19NO3. The van der Waals surface area contributed by atoms with Crippen molar-refractivity contribution in [3.05, 3.63) is 53.0 Å². The predicted molar refractivity (Wildman–Crippen MR) is 77.2 cm³/mol. The summed E-state index contributed by atoms with van der Waals surface area (Å²) in [5.74, 6) is 0.987. The molecule has 0 spiro atoms. The van der Waals surface area contributed by atoms with Gasteiger partial charge in [0.25, 0.3) is 5.91 Å². The second-order valence-electron chi connectivity index (χ2n) is 4.74. The fourth-order valence-corrected chi connectivity index (χ4v) is 1.96. The van der Waals surface area contributed by atoms with Crippen molar-refractivity contribution >= 4 is 5.91 Å². The number of hydrogen-bond acceptors (Lipinski definition) is 3. The molecule has 106 valence electrons. The van der Waals surface area contributed by atoms with Gasteiger partial charge in [0.15, 0.2) is 5.76 Å². The third-order valence-corrected chi connectivity index (χ3v) is 3.25. The van der Waals surface area contributed by atoms with Gasteiger partial charge in [-0.3, -0.25) is 4.79 Å². The third-order valence-electron chi connectivity index (χ3n) is 3.25. The predicted octanol–water partition coefficient (Wildman–Crippen LogP) is 3.01. The first-order valence-electron chi connectivity index (χ1n) is 6.61. The normalized spacial score (nSPS) is 10.3. The lowest BCUT2D eigenvalue weighted by Gasteiger charge is -2.14. The van der Waals surface area contributed by atoms with E-state index in [0.717, 1.165) is 16.9 Å². The first-order valence-corrected chi connectivity index (χ1v) is 6.61. The first kappa shape index (κ1) is 14.2. The molecule has 2 aromatic rings. The van der Waals surface area contributed by atoms with Crippen LogP contribution in [0.25, 0.3) is 0 Å². The van der Waals surface area contributed by atoms with E-state index >= 15 is 0 Å². The molecule has 0 unspecified atom stereocenters. The highest BCUT2D eigenvalue weighted by atomic mass is 16.5. The Hall–Kier alpha value is -2.23. The van der Waals surface area contributed by atoms with E-state index in [2.05, 4.69) is 18.3 Å². The molecule has 0 saturated carbocycles. The van der Waals surface area contributed by atoms with Crippen molar-refractivity contribution in [1.82, 2.24) is 5.32 Å². The molecule has 1 aromatic carbocycles. The van der Waals surface area contributed by atoms with Crippen LogP contribution in [-0.4, -0.2) is 19.1 Å². The van der Waals surface area contributed by atoms with Gasteiger partial charge in [-0.05, 0) is 49.6 Å². The molecule has 4 nitrogen and oxygen atoms in total. The van der Waals surface area contributed by atoms with E-state index in [-0.39, 0.29) is 5.91 Å². The maximum Gasteiger partial charge on any atom is 0.287 e. The summed E-state index contributed by atoms with van der Waals surface area (Å²) in [5.41, 5.74) is 3.44. The minimum absolute atomic E-state index is 0.226. The highest BCUT2D eigenvalue weighted by Crippen LogP contribution is 2.25. The van der Waals surface area contributed by atoms with Gasteiger partial charge >= 0.3 is 0 Å². The molecule has 0 radical (unpaired) electrons. The van der Waals surface area contributed by atoms with Crippen LogP contribution in [0, 0.1) is 20.8 Å². The molecule has 1 N–H and O–H groups in total. The molecule has 0 atom stereocenters. The number of hydrogen-bond donors (Lipinski definition) is 1. The SMILES string of the molecule is Cc1ccc(C)c(OCCNC(=O)c2ccco2)c1C. The number of aryl methyl sites for hydroxylation is 2. The Bertz CT molecular complexity index is 588. The molecule has 0 bridgehead atoms. The molecule has 1 amide bonds. The van der Waals surface area contributed by atoms with Crippen molar-refractivity contribution in [2.75, 3.05) is 13.2 Å². The van der Waals surface area contributed by atoms with Crippen LogP contribution in [-0.2, 0) is 0 Å². The maximum atomic E-state index is 11.6. The van der Waals surface area contributed by atoms with Crippen molar-refractivity contribution in [1.29, 1.82) is 0 Å². The largest absolute Gasteiger partial charge is 0.491 e. The third kappa shape index (κ3) is 3.20. The second-order valence-corrected chi connectivity index (χ2v) is 4.74. The number of benzene rings is 1. The minimum Gasteiger partial charge on any atom is -0.491 e. The Morgan fingerprint density at radius 3 is 2.65 bits per heavy atom. The van der Waals surface area contributed by atoms with E-state index in [0.29, 0.717) is 18.9 Å². The fraction of sp³-hybridized carbons (Fsp3) is 0.312. The quantitative estimate of drug-likeness (QED) is 0.852. The molecule has 0 saturated heterocycles. The van der Waals surface area contributed by atoms with Crippen molar-refractivity contribution in [2.24, 2.45) is 0 Å². The molecular weight excluding hydrogens is 254 g/mol. The standard InChI is InChI=1S/C16H19NO3/c1-11-6-7-12(2)15(13(11)3)20-10-8-17-16(18)14-5-4-9-19-14/h4-7,9H,8,10H2,1-3H3,(H,17,18). The Kier molecular flexibility index (Phi) is 4.45. The Morgan fingerprint density at radius 1 is 1.20 bits per heavy atom. The van der Waals surface area contributed by atoms with Crippen LogP contribution in [0.5, 0.6) is 5.75 Å². The molecule has 0 aliphatic heterocycles. The van der Waals surface area contributed by atoms with Crippen LogP contribution >= 0.6 is 0 Å². The summed E-state index contributed by atoms with van der Waals surface area (Å²) in [6.07, 6.45) is 1.48. The van der Waals surface area contributed by atoms with Crippen LogP contribution in [0.1, 0.15) is 27.2 Å². The zero-order chi connectivity index (χ0) is 14.5. The summed E-state index contributed by atoms with van der Waals surface area (Å²) >= 11 is 0. The number of rotatable bonds is 5. The molecule has 0 fully saturated rings. The van der Waals surface area contributed by atoms with E-state index in [9.17, 15) is 4.79 Å². The summed E-state index contributed by atoms with van der Waals surface area (Å²) in [5, 5.41) is 2.75. The van der Waals surface area contributed by atoms with Crippen LogP contribution < -0.4 is 10.1 Å².